The van der Waals surface area contributed by atoms with Crippen molar-refractivity contribution in [3.63, 3.8) is 0 Å². The predicted molar refractivity (Wildman–Crippen MR) is 108 cm³/mol. The highest BCUT2D eigenvalue weighted by molar-refractivity contribution is 6.07. The Morgan fingerprint density at radius 1 is 1.00 bits per heavy atom. The van der Waals surface area contributed by atoms with Gasteiger partial charge in [-0.2, -0.15) is 0 Å². The zero-order chi connectivity index (χ0) is 20.2. The number of ether oxygens (including phenoxy) is 2. The van der Waals surface area contributed by atoms with E-state index in [-0.39, 0.29) is 11.6 Å². The fraction of sp³-hybridized carbons (Fsp3) is 0.238. The second-order valence-corrected chi connectivity index (χ2v) is 6.51. The molecule has 4 rings (SSSR count). The van der Waals surface area contributed by atoms with Gasteiger partial charge in [-0.05, 0) is 36.4 Å². The number of para-hydroxylation sites is 2. The minimum atomic E-state index is -0.433. The topological polar surface area (TPSA) is 93.6 Å². The number of amides is 1. The van der Waals surface area contributed by atoms with Gasteiger partial charge in [-0.1, -0.05) is 12.1 Å². The summed E-state index contributed by atoms with van der Waals surface area (Å²) in [5.74, 6) is -0.260. The molecule has 148 valence electrons. The van der Waals surface area contributed by atoms with E-state index in [1.165, 1.54) is 7.11 Å². The van der Waals surface area contributed by atoms with Crippen LogP contribution in [0, 0.1) is 0 Å². The molecule has 8 heteroatoms. The third kappa shape index (κ3) is 4.02. The zero-order valence-electron chi connectivity index (χ0n) is 15.9. The van der Waals surface area contributed by atoms with Gasteiger partial charge in [0.1, 0.15) is 0 Å². The molecule has 0 saturated carbocycles. The van der Waals surface area contributed by atoms with Crippen molar-refractivity contribution in [1.29, 1.82) is 0 Å². The van der Waals surface area contributed by atoms with Crippen molar-refractivity contribution in [3.05, 3.63) is 59.8 Å². The Morgan fingerprint density at radius 2 is 1.66 bits per heavy atom. The van der Waals surface area contributed by atoms with Gasteiger partial charge in [-0.15, -0.1) is 0 Å². The number of morpholine rings is 1. The van der Waals surface area contributed by atoms with Crippen LogP contribution in [0.3, 0.4) is 0 Å². The van der Waals surface area contributed by atoms with Crippen LogP contribution in [0.25, 0.3) is 11.0 Å². The van der Waals surface area contributed by atoms with Crippen LogP contribution in [-0.4, -0.2) is 55.3 Å². The molecule has 1 N–H and O–H groups in total. The van der Waals surface area contributed by atoms with Crippen molar-refractivity contribution in [3.8, 4) is 0 Å². The summed E-state index contributed by atoms with van der Waals surface area (Å²) < 4.78 is 10.1. The molecule has 1 aromatic heterocycles. The molecule has 0 unspecified atom stereocenters. The molecule has 0 atom stereocenters. The molecular formula is C21H20N4O4. The van der Waals surface area contributed by atoms with E-state index in [9.17, 15) is 9.59 Å². The first-order valence-electron chi connectivity index (χ1n) is 9.25. The van der Waals surface area contributed by atoms with E-state index in [0.717, 1.165) is 5.52 Å². The third-order valence-electron chi connectivity index (χ3n) is 4.64. The maximum atomic E-state index is 13.0. The van der Waals surface area contributed by atoms with Gasteiger partial charge in [-0.25, -0.2) is 14.8 Å². The molecule has 2 aromatic carbocycles. The first-order valence-corrected chi connectivity index (χ1v) is 9.25. The van der Waals surface area contributed by atoms with Gasteiger partial charge in [0.05, 0.1) is 36.9 Å². The maximum absolute atomic E-state index is 13.0. The zero-order valence-corrected chi connectivity index (χ0v) is 15.9. The quantitative estimate of drug-likeness (QED) is 0.682. The molecule has 1 saturated heterocycles. The van der Waals surface area contributed by atoms with Crippen molar-refractivity contribution < 1.29 is 19.1 Å². The van der Waals surface area contributed by atoms with Crippen LogP contribution in [0.15, 0.2) is 48.5 Å². The number of nitrogens with zero attached hydrogens (tertiary/aromatic N) is 3. The third-order valence-corrected chi connectivity index (χ3v) is 4.64. The Hall–Kier alpha value is -3.52. The summed E-state index contributed by atoms with van der Waals surface area (Å²) in [5, 5.41) is 2.84. The lowest BCUT2D eigenvalue weighted by Crippen LogP contribution is -2.38. The van der Waals surface area contributed by atoms with E-state index in [2.05, 4.69) is 10.3 Å². The second-order valence-electron chi connectivity index (χ2n) is 6.51. The Balaban J connectivity index is 1.65. The summed E-state index contributed by atoms with van der Waals surface area (Å²) in [6.07, 6.45) is 0. The Labute approximate surface area is 167 Å². The summed E-state index contributed by atoms with van der Waals surface area (Å²) in [4.78, 5) is 35.9. The summed E-state index contributed by atoms with van der Waals surface area (Å²) in [7, 11) is 1.32. The summed E-state index contributed by atoms with van der Waals surface area (Å²) in [6.45, 7) is 2.43. The Kier molecular flexibility index (Phi) is 5.35. The number of benzene rings is 2. The number of nitrogens with one attached hydrogen (secondary N) is 1. The van der Waals surface area contributed by atoms with Crippen molar-refractivity contribution in [2.75, 3.05) is 43.6 Å². The van der Waals surface area contributed by atoms with Gasteiger partial charge in [0.25, 0.3) is 5.91 Å². The smallest absolute Gasteiger partial charge is 0.337 e. The van der Waals surface area contributed by atoms with Crippen molar-refractivity contribution in [2.24, 2.45) is 0 Å². The second kappa shape index (κ2) is 8.24. The SMILES string of the molecule is COC(=O)c1ccc(NC(=O)c2nc3ccccc3nc2N2CCOCC2)cc1. The highest BCUT2D eigenvalue weighted by Gasteiger charge is 2.23. The number of fused-ring (bicyclic) bond motifs is 1. The normalized spacial score (nSPS) is 13.9. The molecule has 29 heavy (non-hydrogen) atoms. The lowest BCUT2D eigenvalue weighted by Gasteiger charge is -2.29. The van der Waals surface area contributed by atoms with Crippen molar-refractivity contribution in [2.45, 2.75) is 0 Å². The average molecular weight is 392 g/mol. The van der Waals surface area contributed by atoms with Crippen LogP contribution in [0.4, 0.5) is 11.5 Å². The number of anilines is 2. The van der Waals surface area contributed by atoms with Crippen LogP contribution < -0.4 is 10.2 Å². The van der Waals surface area contributed by atoms with Gasteiger partial charge >= 0.3 is 5.97 Å². The molecule has 0 spiro atoms. The standard InChI is InChI=1S/C21H20N4O4/c1-28-21(27)14-6-8-15(9-7-14)22-20(26)18-19(25-10-12-29-13-11-25)24-17-5-3-2-4-16(17)23-18/h2-9H,10-13H2,1H3,(H,22,26). The fourth-order valence-corrected chi connectivity index (χ4v) is 3.14. The molecule has 0 aliphatic carbocycles. The molecule has 1 aliphatic heterocycles. The van der Waals surface area contributed by atoms with E-state index >= 15 is 0 Å². The number of esters is 1. The van der Waals surface area contributed by atoms with E-state index in [1.807, 2.05) is 29.2 Å². The van der Waals surface area contributed by atoms with Crippen molar-refractivity contribution in [1.82, 2.24) is 9.97 Å². The highest BCUT2D eigenvalue weighted by Crippen LogP contribution is 2.23. The first-order chi connectivity index (χ1) is 14.2. The highest BCUT2D eigenvalue weighted by atomic mass is 16.5. The first kappa shape index (κ1) is 18.8. The molecule has 0 bridgehead atoms. The van der Waals surface area contributed by atoms with Crippen LogP contribution in [0.5, 0.6) is 0 Å². The molecule has 1 amide bonds. The van der Waals surface area contributed by atoms with Crippen molar-refractivity contribution >= 4 is 34.4 Å². The summed E-state index contributed by atoms with van der Waals surface area (Å²) in [5.41, 5.74) is 2.59. The van der Waals surface area contributed by atoms with Gasteiger partial charge in [-0.3, -0.25) is 4.79 Å². The fourth-order valence-electron chi connectivity index (χ4n) is 3.14. The molecule has 8 nitrogen and oxygen atoms in total. The monoisotopic (exact) mass is 392 g/mol. The minimum Gasteiger partial charge on any atom is -0.465 e. The predicted octanol–water partition coefficient (Wildman–Crippen LogP) is 2.51. The van der Waals surface area contributed by atoms with Gasteiger partial charge in [0.2, 0.25) is 0 Å². The molecule has 2 heterocycles. The largest absolute Gasteiger partial charge is 0.465 e. The Morgan fingerprint density at radius 3 is 2.31 bits per heavy atom. The molecule has 3 aromatic rings. The van der Waals surface area contributed by atoms with Crippen LogP contribution in [-0.2, 0) is 9.47 Å². The van der Waals surface area contributed by atoms with Crippen LogP contribution in [0.1, 0.15) is 20.8 Å². The lowest BCUT2D eigenvalue weighted by molar-refractivity contribution is 0.0600. The number of methoxy groups -OCH3 is 1. The van der Waals surface area contributed by atoms with Gasteiger partial charge in [0.15, 0.2) is 11.5 Å². The number of aromatic nitrogens is 2. The minimum absolute atomic E-state index is 0.252. The number of carbonyl (C=O) groups is 2. The molecular weight excluding hydrogens is 372 g/mol. The Bertz CT molecular complexity index is 1050. The average Bonchev–Trinajstić information content (AvgIpc) is 2.78. The van der Waals surface area contributed by atoms with Crippen LogP contribution in [0.2, 0.25) is 0 Å². The van der Waals surface area contributed by atoms with Gasteiger partial charge in [0, 0.05) is 18.8 Å². The van der Waals surface area contributed by atoms with E-state index in [1.54, 1.807) is 24.3 Å². The van der Waals surface area contributed by atoms with E-state index in [4.69, 9.17) is 14.5 Å². The van der Waals surface area contributed by atoms with Gasteiger partial charge < -0.3 is 19.7 Å². The molecule has 1 aliphatic rings. The number of hydrogen-bond donors (Lipinski definition) is 1. The van der Waals surface area contributed by atoms with E-state index in [0.29, 0.717) is 48.9 Å². The summed E-state index contributed by atoms with van der Waals surface area (Å²) in [6, 6.07) is 13.9. The maximum Gasteiger partial charge on any atom is 0.337 e. The molecule has 1 fully saturated rings. The van der Waals surface area contributed by atoms with Crippen LogP contribution >= 0.6 is 0 Å². The number of hydrogen-bond acceptors (Lipinski definition) is 7. The lowest BCUT2D eigenvalue weighted by atomic mass is 10.2. The molecule has 0 radical (unpaired) electrons. The van der Waals surface area contributed by atoms with E-state index < -0.39 is 5.97 Å². The number of rotatable bonds is 4. The summed E-state index contributed by atoms with van der Waals surface area (Å²) >= 11 is 0. The number of carbonyl (C=O) groups excluding carboxylic acids is 2.